The second kappa shape index (κ2) is 7.75. The first-order chi connectivity index (χ1) is 11.0. The van der Waals surface area contributed by atoms with Crippen LogP contribution < -0.4 is 10.9 Å². The van der Waals surface area contributed by atoms with E-state index in [2.05, 4.69) is 15.2 Å². The number of piperidine rings is 1. The van der Waals surface area contributed by atoms with Crippen molar-refractivity contribution in [2.75, 3.05) is 26.2 Å². The molecule has 128 valence electrons. The van der Waals surface area contributed by atoms with Gasteiger partial charge >= 0.3 is 0 Å². The Bertz CT molecular complexity index is 624. The summed E-state index contributed by atoms with van der Waals surface area (Å²) < 4.78 is 0. The highest BCUT2D eigenvalue weighted by Gasteiger charge is 2.22. The lowest BCUT2D eigenvalue weighted by Gasteiger charge is -2.34. The lowest BCUT2D eigenvalue weighted by atomic mass is 10.0. The van der Waals surface area contributed by atoms with Crippen molar-refractivity contribution in [2.45, 2.75) is 46.1 Å². The van der Waals surface area contributed by atoms with E-state index in [0.717, 1.165) is 42.6 Å². The van der Waals surface area contributed by atoms with E-state index in [0.29, 0.717) is 13.1 Å². The zero-order valence-corrected chi connectivity index (χ0v) is 14.2. The fraction of sp³-hybridized carbons (Fsp3) is 0.647. The van der Waals surface area contributed by atoms with Gasteiger partial charge in [0.1, 0.15) is 5.56 Å². The predicted octanol–water partition coefficient (Wildman–Crippen LogP) is 0.877. The molecule has 0 radical (unpaired) electrons. The lowest BCUT2D eigenvalue weighted by molar-refractivity contribution is 0.0848. The van der Waals surface area contributed by atoms with Crippen molar-refractivity contribution in [1.82, 2.24) is 15.2 Å². The summed E-state index contributed by atoms with van der Waals surface area (Å²) >= 11 is 0. The molecule has 1 saturated heterocycles. The summed E-state index contributed by atoms with van der Waals surface area (Å²) in [6.07, 6.45) is 3.27. The molecule has 0 spiro atoms. The van der Waals surface area contributed by atoms with Crippen LogP contribution in [0.25, 0.3) is 0 Å². The molecule has 0 saturated carbocycles. The van der Waals surface area contributed by atoms with Gasteiger partial charge in [-0.3, -0.25) is 14.5 Å². The van der Waals surface area contributed by atoms with Gasteiger partial charge in [-0.15, -0.1) is 0 Å². The van der Waals surface area contributed by atoms with Crippen LogP contribution in [0.5, 0.6) is 0 Å². The van der Waals surface area contributed by atoms with E-state index in [1.807, 2.05) is 13.8 Å². The van der Waals surface area contributed by atoms with Gasteiger partial charge in [0.15, 0.2) is 0 Å². The SMILES string of the molecule is Cc1[nH]c(=O)c(C(=O)NCCN2CCCC[C@@H]2CO)c(C)c1C. The second-order valence-corrected chi connectivity index (χ2v) is 6.33. The Balaban J connectivity index is 1.98. The number of carbonyl (C=O) groups excluding carboxylic acids is 1. The molecule has 0 bridgehead atoms. The third-order valence-electron chi connectivity index (χ3n) is 4.90. The van der Waals surface area contributed by atoms with Crippen molar-refractivity contribution in [3.05, 3.63) is 32.7 Å². The van der Waals surface area contributed by atoms with Crippen molar-refractivity contribution >= 4 is 5.91 Å². The second-order valence-electron chi connectivity index (χ2n) is 6.33. The number of nitrogens with zero attached hydrogens (tertiary/aromatic N) is 1. The molecule has 6 nitrogen and oxygen atoms in total. The van der Waals surface area contributed by atoms with Gasteiger partial charge in [-0.1, -0.05) is 6.42 Å². The fourth-order valence-corrected chi connectivity index (χ4v) is 3.20. The molecule has 23 heavy (non-hydrogen) atoms. The molecule has 1 amide bonds. The molecule has 1 fully saturated rings. The van der Waals surface area contributed by atoms with Crippen LogP contribution in [0.1, 0.15) is 46.4 Å². The van der Waals surface area contributed by atoms with Crippen LogP contribution in [0.2, 0.25) is 0 Å². The highest BCUT2D eigenvalue weighted by atomic mass is 16.3. The Hall–Kier alpha value is -1.66. The minimum Gasteiger partial charge on any atom is -0.395 e. The zero-order valence-electron chi connectivity index (χ0n) is 14.2. The maximum absolute atomic E-state index is 12.3. The maximum atomic E-state index is 12.3. The normalized spacial score (nSPS) is 18.9. The average molecular weight is 321 g/mol. The van der Waals surface area contributed by atoms with E-state index in [1.54, 1.807) is 6.92 Å². The number of aromatic nitrogens is 1. The van der Waals surface area contributed by atoms with Crippen LogP contribution >= 0.6 is 0 Å². The number of carbonyl (C=O) groups is 1. The van der Waals surface area contributed by atoms with Gasteiger partial charge in [-0.25, -0.2) is 0 Å². The number of aliphatic hydroxyl groups excluding tert-OH is 1. The molecule has 6 heteroatoms. The van der Waals surface area contributed by atoms with Gasteiger partial charge in [-0.2, -0.15) is 0 Å². The molecule has 1 aromatic rings. The van der Waals surface area contributed by atoms with E-state index in [1.165, 1.54) is 0 Å². The topological polar surface area (TPSA) is 85.4 Å². The quantitative estimate of drug-likeness (QED) is 0.751. The third-order valence-corrected chi connectivity index (χ3v) is 4.90. The maximum Gasteiger partial charge on any atom is 0.261 e. The number of aryl methyl sites for hydroxylation is 1. The number of likely N-dealkylation sites (tertiary alicyclic amines) is 1. The van der Waals surface area contributed by atoms with E-state index in [-0.39, 0.29) is 29.7 Å². The largest absolute Gasteiger partial charge is 0.395 e. The number of H-pyrrole nitrogens is 1. The van der Waals surface area contributed by atoms with E-state index >= 15 is 0 Å². The van der Waals surface area contributed by atoms with Gasteiger partial charge < -0.3 is 15.4 Å². The first-order valence-electron chi connectivity index (χ1n) is 8.29. The molecule has 1 aliphatic rings. The van der Waals surface area contributed by atoms with Crippen molar-refractivity contribution in [2.24, 2.45) is 0 Å². The molecule has 0 aromatic carbocycles. The standard InChI is InChI=1S/C17H27N3O3/c1-11-12(2)15(17(23)19-13(11)3)16(22)18-7-9-20-8-5-4-6-14(20)10-21/h14,21H,4-10H2,1-3H3,(H,18,22)(H,19,23)/t14-/m1/s1. The van der Waals surface area contributed by atoms with Crippen LogP contribution in [0, 0.1) is 20.8 Å². The minimum absolute atomic E-state index is 0.157. The van der Waals surface area contributed by atoms with Crippen LogP contribution in [-0.2, 0) is 0 Å². The number of rotatable bonds is 5. The zero-order chi connectivity index (χ0) is 17.0. The number of hydrogen-bond donors (Lipinski definition) is 3. The van der Waals surface area contributed by atoms with Gasteiger partial charge in [0.05, 0.1) is 6.61 Å². The molecule has 0 unspecified atom stereocenters. The molecule has 3 N–H and O–H groups in total. The summed E-state index contributed by atoms with van der Waals surface area (Å²) in [5.74, 6) is -0.329. The molecule has 0 aliphatic carbocycles. The van der Waals surface area contributed by atoms with Crippen LogP contribution in [-0.4, -0.2) is 53.2 Å². The molecule has 1 atom stereocenters. The average Bonchev–Trinajstić information content (AvgIpc) is 2.53. The van der Waals surface area contributed by atoms with Gasteiger partial charge in [0, 0.05) is 24.8 Å². The number of hydrogen-bond acceptors (Lipinski definition) is 4. The van der Waals surface area contributed by atoms with Crippen molar-refractivity contribution in [3.63, 3.8) is 0 Å². The molecular formula is C17H27N3O3. The number of nitrogens with one attached hydrogen (secondary N) is 2. The number of pyridine rings is 1. The highest BCUT2D eigenvalue weighted by molar-refractivity contribution is 5.95. The summed E-state index contributed by atoms with van der Waals surface area (Å²) in [6, 6.07) is 0.187. The highest BCUT2D eigenvalue weighted by Crippen LogP contribution is 2.16. The Kier molecular flexibility index (Phi) is 5.96. The first kappa shape index (κ1) is 17.7. The van der Waals surface area contributed by atoms with Crippen molar-refractivity contribution < 1.29 is 9.90 Å². The van der Waals surface area contributed by atoms with Gasteiger partial charge in [0.2, 0.25) is 0 Å². The molecule has 2 rings (SSSR count). The summed E-state index contributed by atoms with van der Waals surface area (Å²) in [6.45, 7) is 7.81. The summed E-state index contributed by atoms with van der Waals surface area (Å²) in [4.78, 5) is 29.3. The number of amides is 1. The first-order valence-corrected chi connectivity index (χ1v) is 8.29. The van der Waals surface area contributed by atoms with Crippen molar-refractivity contribution in [3.8, 4) is 0 Å². The van der Waals surface area contributed by atoms with Crippen LogP contribution in [0.4, 0.5) is 0 Å². The van der Waals surface area contributed by atoms with E-state index in [9.17, 15) is 14.7 Å². The van der Waals surface area contributed by atoms with E-state index < -0.39 is 0 Å². The Morgan fingerprint density at radius 2 is 2.04 bits per heavy atom. The lowest BCUT2D eigenvalue weighted by Crippen LogP contribution is -2.46. The van der Waals surface area contributed by atoms with Crippen molar-refractivity contribution in [1.29, 1.82) is 0 Å². The molecule has 2 heterocycles. The van der Waals surface area contributed by atoms with E-state index in [4.69, 9.17) is 0 Å². The van der Waals surface area contributed by atoms with Gasteiger partial charge in [0.25, 0.3) is 11.5 Å². The monoisotopic (exact) mass is 321 g/mol. The predicted molar refractivity (Wildman–Crippen MR) is 89.9 cm³/mol. The van der Waals surface area contributed by atoms with Gasteiger partial charge in [-0.05, 0) is 51.3 Å². The molecule has 1 aliphatic heterocycles. The Morgan fingerprint density at radius 1 is 1.30 bits per heavy atom. The smallest absolute Gasteiger partial charge is 0.261 e. The summed E-state index contributed by atoms with van der Waals surface area (Å²) in [7, 11) is 0. The third kappa shape index (κ3) is 4.00. The van der Waals surface area contributed by atoms with Crippen LogP contribution in [0.15, 0.2) is 4.79 Å². The number of aromatic amines is 1. The minimum atomic E-state index is -0.339. The Morgan fingerprint density at radius 3 is 2.74 bits per heavy atom. The Labute approximate surface area is 136 Å². The summed E-state index contributed by atoms with van der Waals surface area (Å²) in [5.41, 5.74) is 2.32. The molecule has 1 aromatic heterocycles. The summed E-state index contributed by atoms with van der Waals surface area (Å²) in [5, 5.41) is 12.2. The molecular weight excluding hydrogens is 294 g/mol. The van der Waals surface area contributed by atoms with Crippen LogP contribution in [0.3, 0.4) is 0 Å². The number of aliphatic hydroxyl groups is 1. The fourth-order valence-electron chi connectivity index (χ4n) is 3.20.